The summed E-state index contributed by atoms with van der Waals surface area (Å²) in [5.41, 5.74) is 6.70. The number of aromatic nitrogens is 1. The third kappa shape index (κ3) is 3.18. The highest BCUT2D eigenvalue weighted by atomic mass is 32.1. The first-order chi connectivity index (χ1) is 10.7. The molecule has 116 valence electrons. The van der Waals surface area contributed by atoms with Crippen LogP contribution in [0.2, 0.25) is 0 Å². The molecule has 0 unspecified atom stereocenters. The SMILES string of the molecule is NC[C@H]1CCN(C(=O)c2csc(Cc3ccccc3F)n2)C1. The topological polar surface area (TPSA) is 59.2 Å². The van der Waals surface area contributed by atoms with E-state index < -0.39 is 0 Å². The summed E-state index contributed by atoms with van der Waals surface area (Å²) < 4.78 is 13.7. The van der Waals surface area contributed by atoms with Crippen molar-refractivity contribution >= 4 is 17.2 Å². The largest absolute Gasteiger partial charge is 0.337 e. The lowest BCUT2D eigenvalue weighted by Crippen LogP contribution is -2.30. The zero-order valence-corrected chi connectivity index (χ0v) is 13.0. The van der Waals surface area contributed by atoms with Crippen molar-refractivity contribution < 1.29 is 9.18 Å². The molecule has 0 spiro atoms. The van der Waals surface area contributed by atoms with Gasteiger partial charge in [0, 0.05) is 24.9 Å². The van der Waals surface area contributed by atoms with Crippen LogP contribution in [0.5, 0.6) is 0 Å². The smallest absolute Gasteiger partial charge is 0.273 e. The van der Waals surface area contributed by atoms with Crippen LogP contribution in [0.1, 0.15) is 27.5 Å². The Morgan fingerprint density at radius 2 is 2.27 bits per heavy atom. The fraction of sp³-hybridized carbons (Fsp3) is 0.375. The first-order valence-corrected chi connectivity index (χ1v) is 8.22. The first kappa shape index (κ1) is 15.1. The van der Waals surface area contributed by atoms with Gasteiger partial charge in [-0.05, 0) is 30.5 Å². The summed E-state index contributed by atoms with van der Waals surface area (Å²) in [6.07, 6.45) is 1.37. The molecule has 2 heterocycles. The Labute approximate surface area is 132 Å². The lowest BCUT2D eigenvalue weighted by molar-refractivity contribution is 0.0782. The minimum absolute atomic E-state index is 0.0491. The molecule has 1 saturated heterocycles. The van der Waals surface area contributed by atoms with Gasteiger partial charge in [0.15, 0.2) is 0 Å². The number of likely N-dealkylation sites (tertiary alicyclic amines) is 1. The van der Waals surface area contributed by atoms with Gasteiger partial charge in [0.1, 0.15) is 11.5 Å². The minimum Gasteiger partial charge on any atom is -0.337 e. The molecular formula is C16H18FN3OS. The number of nitrogens with zero attached hydrogens (tertiary/aromatic N) is 2. The van der Waals surface area contributed by atoms with Crippen LogP contribution < -0.4 is 5.73 Å². The molecule has 1 aromatic carbocycles. The predicted octanol–water partition coefficient (Wildman–Crippen LogP) is 2.29. The lowest BCUT2D eigenvalue weighted by Gasteiger charge is -2.14. The maximum Gasteiger partial charge on any atom is 0.273 e. The van der Waals surface area contributed by atoms with Crippen LogP contribution >= 0.6 is 11.3 Å². The van der Waals surface area contributed by atoms with E-state index in [9.17, 15) is 9.18 Å². The summed E-state index contributed by atoms with van der Waals surface area (Å²) in [5, 5.41) is 2.51. The van der Waals surface area contributed by atoms with E-state index in [1.807, 2.05) is 0 Å². The van der Waals surface area contributed by atoms with E-state index in [2.05, 4.69) is 4.98 Å². The number of carbonyl (C=O) groups excluding carboxylic acids is 1. The molecule has 1 amide bonds. The van der Waals surface area contributed by atoms with E-state index in [4.69, 9.17) is 5.73 Å². The van der Waals surface area contributed by atoms with Gasteiger partial charge in [0.25, 0.3) is 5.91 Å². The fourth-order valence-corrected chi connectivity index (χ4v) is 3.46. The predicted molar refractivity (Wildman–Crippen MR) is 84.4 cm³/mol. The average molecular weight is 319 g/mol. The minimum atomic E-state index is -0.240. The van der Waals surface area contributed by atoms with E-state index in [1.165, 1.54) is 17.4 Å². The van der Waals surface area contributed by atoms with Crippen LogP contribution in [0.25, 0.3) is 0 Å². The van der Waals surface area contributed by atoms with Crippen LogP contribution in [0.3, 0.4) is 0 Å². The zero-order valence-electron chi connectivity index (χ0n) is 12.2. The van der Waals surface area contributed by atoms with Gasteiger partial charge in [0.05, 0.1) is 5.01 Å². The van der Waals surface area contributed by atoms with Crippen molar-refractivity contribution in [2.24, 2.45) is 11.7 Å². The summed E-state index contributed by atoms with van der Waals surface area (Å²) >= 11 is 1.40. The number of hydrogen-bond donors (Lipinski definition) is 1. The van der Waals surface area contributed by atoms with Crippen molar-refractivity contribution in [1.29, 1.82) is 0 Å². The molecule has 6 heteroatoms. The second-order valence-corrected chi connectivity index (χ2v) is 6.48. The molecule has 0 bridgehead atoms. The highest BCUT2D eigenvalue weighted by Gasteiger charge is 2.27. The zero-order chi connectivity index (χ0) is 15.5. The van der Waals surface area contributed by atoms with Crippen molar-refractivity contribution in [2.45, 2.75) is 12.8 Å². The van der Waals surface area contributed by atoms with Crippen LogP contribution in [-0.2, 0) is 6.42 Å². The Balaban J connectivity index is 1.69. The average Bonchev–Trinajstić information content (AvgIpc) is 3.18. The summed E-state index contributed by atoms with van der Waals surface area (Å²) in [4.78, 5) is 18.6. The number of halogens is 1. The Hall–Kier alpha value is -1.79. The molecule has 3 rings (SSSR count). The molecule has 2 N–H and O–H groups in total. The number of thiazole rings is 1. The molecule has 0 aliphatic carbocycles. The van der Waals surface area contributed by atoms with Crippen LogP contribution in [0, 0.1) is 11.7 Å². The summed E-state index contributed by atoms with van der Waals surface area (Å²) in [7, 11) is 0. The van der Waals surface area contributed by atoms with E-state index in [-0.39, 0.29) is 11.7 Å². The molecule has 1 atom stereocenters. The van der Waals surface area contributed by atoms with Crippen molar-refractivity contribution in [2.75, 3.05) is 19.6 Å². The van der Waals surface area contributed by atoms with E-state index in [0.717, 1.165) is 18.0 Å². The maximum absolute atomic E-state index is 13.7. The number of benzene rings is 1. The van der Waals surface area contributed by atoms with Gasteiger partial charge in [-0.3, -0.25) is 4.79 Å². The third-order valence-electron chi connectivity index (χ3n) is 3.98. The molecule has 1 aliphatic rings. The van der Waals surface area contributed by atoms with Gasteiger partial charge in [-0.25, -0.2) is 9.37 Å². The van der Waals surface area contributed by atoms with Gasteiger partial charge in [-0.1, -0.05) is 18.2 Å². The van der Waals surface area contributed by atoms with Crippen LogP contribution in [0.15, 0.2) is 29.6 Å². The van der Waals surface area contributed by atoms with Crippen LogP contribution in [0.4, 0.5) is 4.39 Å². The fourth-order valence-electron chi connectivity index (χ4n) is 2.67. The number of hydrogen-bond acceptors (Lipinski definition) is 4. The Bertz CT molecular complexity index is 673. The van der Waals surface area contributed by atoms with Crippen LogP contribution in [-0.4, -0.2) is 35.4 Å². The third-order valence-corrected chi connectivity index (χ3v) is 4.83. The second-order valence-electron chi connectivity index (χ2n) is 5.54. The van der Waals surface area contributed by atoms with Crippen molar-refractivity contribution in [3.8, 4) is 0 Å². The number of rotatable bonds is 4. The molecule has 4 nitrogen and oxygen atoms in total. The summed E-state index contributed by atoms with van der Waals surface area (Å²) in [6, 6.07) is 6.64. The highest BCUT2D eigenvalue weighted by molar-refractivity contribution is 7.09. The van der Waals surface area contributed by atoms with Crippen molar-refractivity contribution in [3.63, 3.8) is 0 Å². The Kier molecular flexibility index (Phi) is 4.49. The summed E-state index contributed by atoms with van der Waals surface area (Å²) in [5.74, 6) is 0.100. The second kappa shape index (κ2) is 6.54. The Morgan fingerprint density at radius 1 is 1.45 bits per heavy atom. The van der Waals surface area contributed by atoms with Gasteiger partial charge in [-0.15, -0.1) is 11.3 Å². The van der Waals surface area contributed by atoms with E-state index in [0.29, 0.717) is 36.7 Å². The standard InChI is InChI=1S/C16H18FN3OS/c17-13-4-2-1-3-12(13)7-15-19-14(10-22-15)16(21)20-6-5-11(8-18)9-20/h1-4,10-11H,5-9,18H2/t11-/m1/s1. The molecule has 2 aromatic rings. The quantitative estimate of drug-likeness (QED) is 0.940. The number of nitrogens with two attached hydrogens (primary N) is 1. The van der Waals surface area contributed by atoms with Crippen molar-refractivity contribution in [1.82, 2.24) is 9.88 Å². The Morgan fingerprint density at radius 3 is 3.00 bits per heavy atom. The van der Waals surface area contributed by atoms with Gasteiger partial charge < -0.3 is 10.6 Å². The van der Waals surface area contributed by atoms with E-state index >= 15 is 0 Å². The molecule has 22 heavy (non-hydrogen) atoms. The first-order valence-electron chi connectivity index (χ1n) is 7.34. The molecule has 1 aromatic heterocycles. The molecular weight excluding hydrogens is 301 g/mol. The van der Waals surface area contributed by atoms with Gasteiger partial charge in [0.2, 0.25) is 0 Å². The summed E-state index contributed by atoms with van der Waals surface area (Å²) in [6.45, 7) is 2.05. The normalized spacial score (nSPS) is 17.9. The number of amides is 1. The molecule has 0 saturated carbocycles. The molecule has 1 fully saturated rings. The van der Waals surface area contributed by atoms with Gasteiger partial charge >= 0.3 is 0 Å². The van der Waals surface area contributed by atoms with Gasteiger partial charge in [-0.2, -0.15) is 0 Å². The lowest BCUT2D eigenvalue weighted by atomic mass is 10.1. The molecule has 0 radical (unpaired) electrons. The monoisotopic (exact) mass is 319 g/mol. The highest BCUT2D eigenvalue weighted by Crippen LogP contribution is 2.21. The van der Waals surface area contributed by atoms with Crippen molar-refractivity contribution in [3.05, 3.63) is 51.7 Å². The maximum atomic E-state index is 13.7. The number of carbonyl (C=O) groups is 1. The molecule has 1 aliphatic heterocycles. The van der Waals surface area contributed by atoms with E-state index in [1.54, 1.807) is 28.5 Å².